The third kappa shape index (κ3) is 3.34. The first-order valence-corrected chi connectivity index (χ1v) is 6.17. The zero-order valence-corrected chi connectivity index (χ0v) is 11.5. The van der Waals surface area contributed by atoms with Gasteiger partial charge in [0.05, 0.1) is 17.2 Å². The normalized spacial score (nSPS) is 11.0. The second-order valence-corrected chi connectivity index (χ2v) is 4.69. The number of benzene rings is 2. The maximum absolute atomic E-state index is 12.9. The Kier molecular flexibility index (Phi) is 3.90. The highest BCUT2D eigenvalue weighted by Crippen LogP contribution is 2.35. The Labute approximate surface area is 120 Å². The molecule has 0 aromatic heterocycles. The fourth-order valence-corrected chi connectivity index (χ4v) is 1.96. The maximum atomic E-state index is 12.9. The number of alkyl halides is 3. The number of ether oxygens (including phenoxy) is 1. The molecular weight excluding hydrogens is 279 g/mol. The molecule has 0 aliphatic carbocycles. The van der Waals surface area contributed by atoms with E-state index in [2.05, 4.69) is 0 Å². The predicted molar refractivity (Wildman–Crippen MR) is 72.1 cm³/mol. The van der Waals surface area contributed by atoms with Crippen molar-refractivity contribution in [1.29, 1.82) is 5.26 Å². The average Bonchev–Trinajstić information content (AvgIpc) is 2.41. The van der Waals surface area contributed by atoms with E-state index < -0.39 is 17.3 Å². The molecule has 0 heterocycles. The molecular formula is C16H12F3NO. The molecule has 2 aromatic carbocycles. The number of nitriles is 1. The molecule has 108 valence electrons. The third-order valence-corrected chi connectivity index (χ3v) is 2.98. The molecule has 0 radical (unpaired) electrons. The summed E-state index contributed by atoms with van der Waals surface area (Å²) in [6.07, 6.45) is -4.59. The van der Waals surface area contributed by atoms with Crippen LogP contribution in [0, 0.1) is 25.2 Å². The van der Waals surface area contributed by atoms with Crippen molar-refractivity contribution in [3.8, 4) is 17.6 Å². The van der Waals surface area contributed by atoms with Gasteiger partial charge in [0, 0.05) is 0 Å². The monoisotopic (exact) mass is 291 g/mol. The second kappa shape index (κ2) is 5.49. The summed E-state index contributed by atoms with van der Waals surface area (Å²) in [6, 6.07) is 10.2. The zero-order chi connectivity index (χ0) is 15.6. The molecule has 5 heteroatoms. The first-order valence-electron chi connectivity index (χ1n) is 6.17. The van der Waals surface area contributed by atoms with Crippen LogP contribution in [-0.2, 0) is 6.18 Å². The Bertz CT molecular complexity index is 714. The first-order chi connectivity index (χ1) is 9.81. The van der Waals surface area contributed by atoms with Crippen LogP contribution in [0.3, 0.4) is 0 Å². The van der Waals surface area contributed by atoms with E-state index in [9.17, 15) is 13.2 Å². The van der Waals surface area contributed by atoms with Gasteiger partial charge in [-0.1, -0.05) is 17.7 Å². The minimum Gasteiger partial charge on any atom is -0.457 e. The summed E-state index contributed by atoms with van der Waals surface area (Å²) >= 11 is 0. The van der Waals surface area contributed by atoms with Gasteiger partial charge in [-0.2, -0.15) is 18.4 Å². The molecule has 2 nitrogen and oxygen atoms in total. The second-order valence-electron chi connectivity index (χ2n) is 4.69. The Hall–Kier alpha value is -2.48. The van der Waals surface area contributed by atoms with Crippen molar-refractivity contribution >= 4 is 0 Å². The van der Waals surface area contributed by atoms with Crippen LogP contribution in [0.4, 0.5) is 13.2 Å². The summed E-state index contributed by atoms with van der Waals surface area (Å²) in [5.74, 6) is 0.534. The van der Waals surface area contributed by atoms with E-state index in [1.165, 1.54) is 12.1 Å². The highest BCUT2D eigenvalue weighted by atomic mass is 19.4. The van der Waals surface area contributed by atoms with Crippen LogP contribution in [0.2, 0.25) is 0 Å². The van der Waals surface area contributed by atoms with E-state index >= 15 is 0 Å². The van der Waals surface area contributed by atoms with Crippen molar-refractivity contribution in [1.82, 2.24) is 0 Å². The van der Waals surface area contributed by atoms with Crippen LogP contribution in [-0.4, -0.2) is 0 Å². The number of hydrogen-bond donors (Lipinski definition) is 0. The molecule has 2 aromatic rings. The Morgan fingerprint density at radius 1 is 1.05 bits per heavy atom. The summed E-state index contributed by atoms with van der Waals surface area (Å²) < 4.78 is 44.1. The quantitative estimate of drug-likeness (QED) is 0.781. The Morgan fingerprint density at radius 2 is 1.76 bits per heavy atom. The fraction of sp³-hybridized carbons (Fsp3) is 0.188. The van der Waals surface area contributed by atoms with Crippen molar-refractivity contribution in [2.45, 2.75) is 20.0 Å². The van der Waals surface area contributed by atoms with Gasteiger partial charge in [-0.25, -0.2) is 0 Å². The van der Waals surface area contributed by atoms with Crippen LogP contribution in [0.5, 0.6) is 11.5 Å². The van der Waals surface area contributed by atoms with E-state index in [1.807, 2.05) is 26.0 Å². The van der Waals surface area contributed by atoms with Gasteiger partial charge >= 0.3 is 6.18 Å². The molecule has 0 amide bonds. The van der Waals surface area contributed by atoms with Crippen molar-refractivity contribution in [3.63, 3.8) is 0 Å². The minimum atomic E-state index is -4.59. The van der Waals surface area contributed by atoms with Gasteiger partial charge in [0.1, 0.15) is 11.5 Å². The lowest BCUT2D eigenvalue weighted by atomic mass is 10.1. The van der Waals surface area contributed by atoms with Crippen molar-refractivity contribution < 1.29 is 17.9 Å². The van der Waals surface area contributed by atoms with Crippen LogP contribution in [0.1, 0.15) is 22.3 Å². The van der Waals surface area contributed by atoms with Gasteiger partial charge in [-0.05, 0) is 43.7 Å². The SMILES string of the molecule is Cc1ccc(Oc2ccc(C#N)c(C(F)(F)F)c2)c(C)c1. The van der Waals surface area contributed by atoms with Crippen molar-refractivity contribution in [2.24, 2.45) is 0 Å². The molecule has 0 saturated carbocycles. The van der Waals surface area contributed by atoms with Crippen LogP contribution in [0.25, 0.3) is 0 Å². The lowest BCUT2D eigenvalue weighted by Gasteiger charge is -2.13. The van der Waals surface area contributed by atoms with Crippen LogP contribution < -0.4 is 4.74 Å². The molecule has 0 saturated heterocycles. The first kappa shape index (κ1) is 14.9. The largest absolute Gasteiger partial charge is 0.457 e. The number of halogens is 3. The molecule has 2 rings (SSSR count). The zero-order valence-electron chi connectivity index (χ0n) is 11.5. The minimum absolute atomic E-state index is 0.0493. The number of nitrogens with zero attached hydrogens (tertiary/aromatic N) is 1. The lowest BCUT2D eigenvalue weighted by Crippen LogP contribution is -2.08. The third-order valence-electron chi connectivity index (χ3n) is 2.98. The van der Waals surface area contributed by atoms with Gasteiger partial charge in [-0.3, -0.25) is 0 Å². The predicted octanol–water partition coefficient (Wildman–Crippen LogP) is 4.99. The molecule has 0 aliphatic heterocycles. The van der Waals surface area contributed by atoms with E-state index in [0.717, 1.165) is 23.3 Å². The number of rotatable bonds is 2. The average molecular weight is 291 g/mol. The molecule has 0 bridgehead atoms. The fourth-order valence-electron chi connectivity index (χ4n) is 1.96. The molecule has 0 N–H and O–H groups in total. The van der Waals surface area contributed by atoms with Gasteiger partial charge in [0.25, 0.3) is 0 Å². The summed E-state index contributed by atoms with van der Waals surface area (Å²) in [4.78, 5) is 0. The number of aryl methyl sites for hydroxylation is 2. The van der Waals surface area contributed by atoms with Crippen LogP contribution >= 0.6 is 0 Å². The molecule has 0 atom stereocenters. The summed E-state index contributed by atoms with van der Waals surface area (Å²) in [7, 11) is 0. The molecule has 0 unspecified atom stereocenters. The maximum Gasteiger partial charge on any atom is 0.417 e. The van der Waals surface area contributed by atoms with Crippen LogP contribution in [0.15, 0.2) is 36.4 Å². The molecule has 0 aliphatic rings. The topological polar surface area (TPSA) is 33.0 Å². The standard InChI is InChI=1S/C16H12F3NO/c1-10-3-6-15(11(2)7-10)21-13-5-4-12(9-20)14(8-13)16(17,18)19/h3-8H,1-2H3. The lowest BCUT2D eigenvalue weighted by molar-refractivity contribution is -0.137. The molecule has 21 heavy (non-hydrogen) atoms. The highest BCUT2D eigenvalue weighted by Gasteiger charge is 2.34. The van der Waals surface area contributed by atoms with E-state index in [0.29, 0.717) is 5.75 Å². The Balaban J connectivity index is 2.40. The molecule has 0 fully saturated rings. The van der Waals surface area contributed by atoms with Gasteiger partial charge in [-0.15, -0.1) is 0 Å². The number of hydrogen-bond acceptors (Lipinski definition) is 2. The smallest absolute Gasteiger partial charge is 0.417 e. The molecule has 0 spiro atoms. The van der Waals surface area contributed by atoms with E-state index in [-0.39, 0.29) is 5.75 Å². The van der Waals surface area contributed by atoms with E-state index in [4.69, 9.17) is 10.00 Å². The van der Waals surface area contributed by atoms with E-state index in [1.54, 1.807) is 6.07 Å². The van der Waals surface area contributed by atoms with Crippen molar-refractivity contribution in [2.75, 3.05) is 0 Å². The summed E-state index contributed by atoms with van der Waals surface area (Å²) in [5.41, 5.74) is 0.450. The van der Waals surface area contributed by atoms with Gasteiger partial charge in [0.2, 0.25) is 0 Å². The van der Waals surface area contributed by atoms with Crippen molar-refractivity contribution in [3.05, 3.63) is 58.7 Å². The summed E-state index contributed by atoms with van der Waals surface area (Å²) in [5, 5.41) is 8.75. The summed E-state index contributed by atoms with van der Waals surface area (Å²) in [6.45, 7) is 3.73. The van der Waals surface area contributed by atoms with Gasteiger partial charge in [0.15, 0.2) is 0 Å². The highest BCUT2D eigenvalue weighted by molar-refractivity contribution is 5.46. The Morgan fingerprint density at radius 3 is 2.33 bits per heavy atom. The van der Waals surface area contributed by atoms with Gasteiger partial charge < -0.3 is 4.74 Å².